The smallest absolute Gasteiger partial charge is 0.137 e. The Morgan fingerprint density at radius 1 is 1.00 bits per heavy atom. The van der Waals surface area contributed by atoms with Crippen molar-refractivity contribution in [3.05, 3.63) is 52.8 Å². The molecule has 1 heterocycles. The second-order valence-corrected chi connectivity index (χ2v) is 4.86. The quantitative estimate of drug-likeness (QED) is 0.682. The first kappa shape index (κ1) is 10.8. The summed E-state index contributed by atoms with van der Waals surface area (Å²) in [6, 6.07) is 12.5. The molecule has 0 saturated heterocycles. The zero-order chi connectivity index (χ0) is 11.7. The van der Waals surface area contributed by atoms with Crippen molar-refractivity contribution < 1.29 is 0 Å². The summed E-state index contributed by atoms with van der Waals surface area (Å²) >= 11 is 6.28. The molecular formula is C15H14ClN. The van der Waals surface area contributed by atoms with Crippen LogP contribution in [-0.4, -0.2) is 4.98 Å². The summed E-state index contributed by atoms with van der Waals surface area (Å²) in [6.07, 6.45) is 4.72. The van der Waals surface area contributed by atoms with E-state index in [0.717, 1.165) is 24.0 Å². The number of benzene rings is 1. The predicted octanol–water partition coefficient (Wildman–Crippen LogP) is 4.28. The van der Waals surface area contributed by atoms with E-state index in [9.17, 15) is 0 Å². The molecule has 0 unspecified atom stereocenters. The summed E-state index contributed by atoms with van der Waals surface area (Å²) in [5, 5.41) is 0.636. The molecule has 0 fully saturated rings. The van der Waals surface area contributed by atoms with Crippen LogP contribution in [0.5, 0.6) is 0 Å². The average Bonchev–Trinajstić information content (AvgIpc) is 2.39. The lowest BCUT2D eigenvalue weighted by Crippen LogP contribution is -2.06. The Kier molecular flexibility index (Phi) is 2.86. The van der Waals surface area contributed by atoms with Crippen molar-refractivity contribution in [3.63, 3.8) is 0 Å². The van der Waals surface area contributed by atoms with Crippen LogP contribution >= 0.6 is 11.6 Å². The van der Waals surface area contributed by atoms with Crippen molar-refractivity contribution in [3.8, 4) is 11.1 Å². The Morgan fingerprint density at radius 2 is 1.76 bits per heavy atom. The van der Waals surface area contributed by atoms with Crippen LogP contribution in [0.15, 0.2) is 36.4 Å². The molecule has 17 heavy (non-hydrogen) atoms. The number of nitrogens with zero attached hydrogens (tertiary/aromatic N) is 1. The van der Waals surface area contributed by atoms with E-state index in [1.807, 2.05) is 18.2 Å². The maximum atomic E-state index is 6.28. The van der Waals surface area contributed by atoms with Gasteiger partial charge in [-0.05, 0) is 42.9 Å². The summed E-state index contributed by atoms with van der Waals surface area (Å²) in [7, 11) is 0. The molecule has 0 bridgehead atoms. The highest BCUT2D eigenvalue weighted by Crippen LogP contribution is 2.31. The van der Waals surface area contributed by atoms with Crippen LogP contribution in [0.4, 0.5) is 0 Å². The van der Waals surface area contributed by atoms with Crippen LogP contribution in [0.25, 0.3) is 11.1 Å². The number of hydrogen-bond acceptors (Lipinski definition) is 1. The molecule has 0 radical (unpaired) electrons. The van der Waals surface area contributed by atoms with Crippen molar-refractivity contribution in [2.24, 2.45) is 0 Å². The van der Waals surface area contributed by atoms with E-state index in [0.29, 0.717) is 5.15 Å². The van der Waals surface area contributed by atoms with Gasteiger partial charge in [-0.15, -0.1) is 0 Å². The lowest BCUT2D eigenvalue weighted by molar-refractivity contribution is 0.668. The number of pyridine rings is 1. The third-order valence-corrected chi connectivity index (χ3v) is 3.63. The molecule has 2 heteroatoms. The van der Waals surface area contributed by atoms with E-state index in [4.69, 9.17) is 11.6 Å². The summed E-state index contributed by atoms with van der Waals surface area (Å²) in [5.74, 6) is 0. The molecule has 1 aliphatic carbocycles. The van der Waals surface area contributed by atoms with Crippen molar-refractivity contribution >= 4 is 11.6 Å². The highest BCUT2D eigenvalue weighted by atomic mass is 35.5. The fourth-order valence-corrected chi connectivity index (χ4v) is 2.69. The van der Waals surface area contributed by atoms with Crippen LogP contribution in [0, 0.1) is 0 Å². The minimum atomic E-state index is 0.636. The zero-order valence-corrected chi connectivity index (χ0v) is 10.4. The Labute approximate surface area is 106 Å². The number of halogens is 1. The Bertz CT molecular complexity index is 534. The van der Waals surface area contributed by atoms with Gasteiger partial charge in [0.05, 0.1) is 0 Å². The van der Waals surface area contributed by atoms with Gasteiger partial charge in [-0.25, -0.2) is 4.98 Å². The van der Waals surface area contributed by atoms with Gasteiger partial charge in [0.1, 0.15) is 5.15 Å². The van der Waals surface area contributed by atoms with Gasteiger partial charge in [-0.2, -0.15) is 0 Å². The van der Waals surface area contributed by atoms with Gasteiger partial charge in [0.2, 0.25) is 0 Å². The number of fused-ring (bicyclic) bond motifs is 1. The van der Waals surface area contributed by atoms with Crippen LogP contribution in [0.3, 0.4) is 0 Å². The Morgan fingerprint density at radius 3 is 2.59 bits per heavy atom. The van der Waals surface area contributed by atoms with Crippen LogP contribution < -0.4 is 0 Å². The number of aryl methyl sites for hydroxylation is 2. The molecule has 1 aliphatic rings. The topological polar surface area (TPSA) is 12.9 Å². The molecule has 0 atom stereocenters. The molecule has 0 aliphatic heterocycles. The first-order chi connectivity index (χ1) is 8.34. The van der Waals surface area contributed by atoms with E-state index < -0.39 is 0 Å². The average molecular weight is 244 g/mol. The SMILES string of the molecule is Clc1nc2c(cc1-c1ccccc1)CCCC2. The maximum absolute atomic E-state index is 6.28. The standard InChI is InChI=1S/C15H14ClN/c16-15-13(11-6-2-1-3-7-11)10-12-8-4-5-9-14(12)17-15/h1-3,6-7,10H,4-5,8-9H2. The van der Waals surface area contributed by atoms with Gasteiger partial charge in [-0.1, -0.05) is 41.9 Å². The van der Waals surface area contributed by atoms with Crippen molar-refractivity contribution in [2.45, 2.75) is 25.7 Å². The fourth-order valence-electron chi connectivity index (χ4n) is 2.43. The van der Waals surface area contributed by atoms with Crippen molar-refractivity contribution in [1.29, 1.82) is 0 Å². The van der Waals surface area contributed by atoms with Crippen LogP contribution in [0.1, 0.15) is 24.1 Å². The van der Waals surface area contributed by atoms with Gasteiger partial charge < -0.3 is 0 Å². The first-order valence-corrected chi connectivity index (χ1v) is 6.46. The van der Waals surface area contributed by atoms with Crippen LogP contribution in [0.2, 0.25) is 5.15 Å². The van der Waals surface area contributed by atoms with E-state index in [-0.39, 0.29) is 0 Å². The fraction of sp³-hybridized carbons (Fsp3) is 0.267. The molecule has 1 aromatic heterocycles. The molecule has 1 nitrogen and oxygen atoms in total. The van der Waals surface area contributed by atoms with Gasteiger partial charge in [0, 0.05) is 11.3 Å². The third-order valence-electron chi connectivity index (χ3n) is 3.34. The molecular weight excluding hydrogens is 230 g/mol. The first-order valence-electron chi connectivity index (χ1n) is 6.08. The van der Waals surface area contributed by atoms with E-state index >= 15 is 0 Å². The summed E-state index contributed by atoms with van der Waals surface area (Å²) in [5.41, 5.74) is 4.78. The summed E-state index contributed by atoms with van der Waals surface area (Å²) in [4.78, 5) is 4.56. The molecule has 1 aromatic carbocycles. The third kappa shape index (κ3) is 2.07. The van der Waals surface area contributed by atoms with Crippen molar-refractivity contribution in [1.82, 2.24) is 4.98 Å². The van der Waals surface area contributed by atoms with Gasteiger partial charge in [0.15, 0.2) is 0 Å². The lowest BCUT2D eigenvalue weighted by Gasteiger charge is -2.16. The predicted molar refractivity (Wildman–Crippen MR) is 71.3 cm³/mol. The normalized spacial score (nSPS) is 14.4. The molecule has 86 valence electrons. The minimum absolute atomic E-state index is 0.636. The molecule has 0 saturated carbocycles. The van der Waals surface area contributed by atoms with Crippen molar-refractivity contribution in [2.75, 3.05) is 0 Å². The Hall–Kier alpha value is -1.34. The molecule has 3 rings (SSSR count). The van der Waals surface area contributed by atoms with Crippen LogP contribution in [-0.2, 0) is 12.8 Å². The Balaban J connectivity index is 2.12. The highest BCUT2D eigenvalue weighted by Gasteiger charge is 2.14. The van der Waals surface area contributed by atoms with Gasteiger partial charge in [-0.3, -0.25) is 0 Å². The summed E-state index contributed by atoms with van der Waals surface area (Å²) in [6.45, 7) is 0. The monoisotopic (exact) mass is 243 g/mol. The number of aromatic nitrogens is 1. The largest absolute Gasteiger partial charge is 0.240 e. The van der Waals surface area contributed by atoms with E-state index in [1.165, 1.54) is 24.1 Å². The minimum Gasteiger partial charge on any atom is -0.240 e. The summed E-state index contributed by atoms with van der Waals surface area (Å²) < 4.78 is 0. The lowest BCUT2D eigenvalue weighted by atomic mass is 9.94. The van der Waals surface area contributed by atoms with E-state index in [2.05, 4.69) is 23.2 Å². The molecule has 2 aromatic rings. The number of rotatable bonds is 1. The van der Waals surface area contributed by atoms with E-state index in [1.54, 1.807) is 0 Å². The molecule has 0 N–H and O–H groups in total. The second kappa shape index (κ2) is 4.50. The molecule has 0 amide bonds. The zero-order valence-electron chi connectivity index (χ0n) is 9.62. The number of hydrogen-bond donors (Lipinski definition) is 0. The van der Waals surface area contributed by atoms with Gasteiger partial charge >= 0.3 is 0 Å². The van der Waals surface area contributed by atoms with Gasteiger partial charge in [0.25, 0.3) is 0 Å². The highest BCUT2D eigenvalue weighted by molar-refractivity contribution is 6.32. The second-order valence-electron chi connectivity index (χ2n) is 4.51. The maximum Gasteiger partial charge on any atom is 0.137 e. The molecule has 0 spiro atoms.